The van der Waals surface area contributed by atoms with E-state index in [0.717, 1.165) is 58.9 Å². The van der Waals surface area contributed by atoms with Crippen molar-refractivity contribution in [3.05, 3.63) is 91.1 Å². The number of nitrogens with zero attached hydrogens (tertiary/aromatic N) is 2. The minimum absolute atomic E-state index is 0.0779. The molecule has 6 heteroatoms. The maximum absolute atomic E-state index is 13.4. The van der Waals surface area contributed by atoms with Gasteiger partial charge in [0, 0.05) is 29.4 Å². The maximum atomic E-state index is 13.4. The number of pyridine rings is 1. The summed E-state index contributed by atoms with van der Waals surface area (Å²) in [5.41, 5.74) is 2.51. The Morgan fingerprint density at radius 1 is 1.14 bits per heavy atom. The molecule has 3 aliphatic rings. The van der Waals surface area contributed by atoms with E-state index < -0.39 is 12.2 Å². The van der Waals surface area contributed by atoms with Gasteiger partial charge < -0.3 is 9.47 Å². The minimum atomic E-state index is -0.462. The molecule has 1 aromatic heterocycles. The van der Waals surface area contributed by atoms with Crippen LogP contribution in [0, 0.1) is 11.8 Å². The van der Waals surface area contributed by atoms with Gasteiger partial charge in [0.05, 0.1) is 18.7 Å². The molecule has 3 aromatic carbocycles. The first-order chi connectivity index (χ1) is 18.1. The highest BCUT2D eigenvalue weighted by atomic mass is 16.6. The van der Waals surface area contributed by atoms with Crippen LogP contribution in [-0.4, -0.2) is 42.2 Å². The summed E-state index contributed by atoms with van der Waals surface area (Å²) < 4.78 is 11.8. The molecule has 0 saturated carbocycles. The fourth-order valence-corrected chi connectivity index (χ4v) is 6.09. The second kappa shape index (κ2) is 9.87. The van der Waals surface area contributed by atoms with Crippen molar-refractivity contribution in [3.8, 4) is 5.75 Å². The monoisotopic (exact) mass is 493 g/mol. The van der Waals surface area contributed by atoms with E-state index >= 15 is 0 Å². The van der Waals surface area contributed by atoms with Gasteiger partial charge in [-0.2, -0.15) is 0 Å². The minimum Gasteiger partial charge on any atom is -0.497 e. The van der Waals surface area contributed by atoms with Gasteiger partial charge in [0.2, 0.25) is 0 Å². The number of fused-ring (bicyclic) bond motifs is 5. The number of piperidine rings is 3. The lowest BCUT2D eigenvalue weighted by Crippen LogP contribution is -2.55. The van der Waals surface area contributed by atoms with Gasteiger partial charge in [-0.3, -0.25) is 15.2 Å². The molecular weight excluding hydrogens is 462 g/mol. The third kappa shape index (κ3) is 4.53. The van der Waals surface area contributed by atoms with Crippen molar-refractivity contribution in [1.29, 1.82) is 0 Å². The van der Waals surface area contributed by atoms with Crippen LogP contribution in [0.15, 0.2) is 85.6 Å². The number of methoxy groups -OCH3 is 1. The normalized spacial score (nSPS) is 23.5. The quantitative estimate of drug-likeness (QED) is 0.307. The number of amides is 1. The van der Waals surface area contributed by atoms with E-state index in [0.29, 0.717) is 17.5 Å². The number of anilines is 1. The van der Waals surface area contributed by atoms with Gasteiger partial charge in [-0.15, -0.1) is 6.58 Å². The first kappa shape index (κ1) is 23.5. The van der Waals surface area contributed by atoms with Crippen LogP contribution in [0.4, 0.5) is 10.5 Å². The number of hydrogen-bond donors (Lipinski definition) is 1. The first-order valence-electron chi connectivity index (χ1n) is 12.9. The molecule has 188 valence electrons. The predicted octanol–water partition coefficient (Wildman–Crippen LogP) is 6.58. The van der Waals surface area contributed by atoms with Crippen molar-refractivity contribution in [2.75, 3.05) is 25.5 Å². The number of hydrogen-bond acceptors (Lipinski definition) is 5. The van der Waals surface area contributed by atoms with E-state index in [1.54, 1.807) is 13.3 Å². The van der Waals surface area contributed by atoms with Crippen molar-refractivity contribution < 1.29 is 14.3 Å². The molecule has 7 rings (SSSR count). The molecule has 3 fully saturated rings. The van der Waals surface area contributed by atoms with E-state index in [4.69, 9.17) is 9.47 Å². The summed E-state index contributed by atoms with van der Waals surface area (Å²) in [5.74, 6) is 1.77. The molecule has 1 amide bonds. The average molecular weight is 494 g/mol. The highest BCUT2D eigenvalue weighted by molar-refractivity contribution is 5.91. The van der Waals surface area contributed by atoms with E-state index in [1.807, 2.05) is 60.7 Å². The van der Waals surface area contributed by atoms with Crippen molar-refractivity contribution in [2.24, 2.45) is 11.8 Å². The number of benzene rings is 3. The molecule has 5 atom stereocenters. The van der Waals surface area contributed by atoms with Crippen molar-refractivity contribution in [1.82, 2.24) is 9.88 Å². The maximum Gasteiger partial charge on any atom is 0.412 e. The number of carbonyl (C=O) groups excluding carboxylic acids is 1. The van der Waals surface area contributed by atoms with Crippen molar-refractivity contribution in [3.63, 3.8) is 0 Å². The molecule has 37 heavy (non-hydrogen) atoms. The standard InChI is InChI=1S/C31H31N3O3/c1-3-20-19-34-15-13-23(20)17-29(34)30(26-12-14-32-28-11-10-25(36-2)18-27(26)28)37-31(35)33-24-9-8-21-6-4-5-7-22(21)16-24/h3-12,14,16,18,20,23,29-30H,1,13,15,17,19H2,2H3,(H,33,35)/t20-,23-,29-,30+/m0/s1. The van der Waals surface area contributed by atoms with Gasteiger partial charge >= 0.3 is 6.09 Å². The summed E-state index contributed by atoms with van der Waals surface area (Å²) in [6.07, 6.45) is 5.07. The Morgan fingerprint density at radius 3 is 2.78 bits per heavy atom. The summed E-state index contributed by atoms with van der Waals surface area (Å²) in [4.78, 5) is 20.4. The van der Waals surface area contributed by atoms with Crippen LogP contribution in [0.3, 0.4) is 0 Å². The van der Waals surface area contributed by atoms with Gasteiger partial charge in [0.15, 0.2) is 0 Å². The summed E-state index contributed by atoms with van der Waals surface area (Å²) in [6.45, 7) is 6.00. The number of rotatable bonds is 6. The number of ether oxygens (including phenoxy) is 2. The highest BCUT2D eigenvalue weighted by Crippen LogP contribution is 2.43. The number of aromatic nitrogens is 1. The second-order valence-corrected chi connectivity index (χ2v) is 10.0. The van der Waals surface area contributed by atoms with Gasteiger partial charge in [0.25, 0.3) is 0 Å². The molecule has 4 aromatic rings. The number of nitrogens with one attached hydrogen (secondary N) is 1. The number of carbonyl (C=O) groups is 1. The molecule has 3 aliphatic heterocycles. The Balaban J connectivity index is 1.34. The molecule has 4 heterocycles. The summed E-state index contributed by atoms with van der Waals surface area (Å²) in [5, 5.41) is 6.10. The predicted molar refractivity (Wildman–Crippen MR) is 147 cm³/mol. The zero-order chi connectivity index (χ0) is 25.4. The van der Waals surface area contributed by atoms with E-state index in [9.17, 15) is 4.79 Å². The molecule has 0 spiro atoms. The van der Waals surface area contributed by atoms with Gasteiger partial charge in [-0.25, -0.2) is 4.79 Å². The van der Waals surface area contributed by atoms with Crippen LogP contribution < -0.4 is 10.1 Å². The fraction of sp³-hybridized carbons (Fsp3) is 0.290. The van der Waals surface area contributed by atoms with Crippen molar-refractivity contribution >= 4 is 33.5 Å². The highest BCUT2D eigenvalue weighted by Gasteiger charge is 2.44. The first-order valence-corrected chi connectivity index (χ1v) is 12.9. The fourth-order valence-electron chi connectivity index (χ4n) is 6.09. The third-order valence-corrected chi connectivity index (χ3v) is 8.02. The Morgan fingerprint density at radius 2 is 2.00 bits per heavy atom. The third-order valence-electron chi connectivity index (χ3n) is 8.02. The van der Waals surface area contributed by atoms with Gasteiger partial charge in [-0.05, 0) is 78.4 Å². The SMILES string of the molecule is C=C[C@H]1CN2CC[C@H]1C[C@H]2[C@H](OC(=O)Nc1ccc2ccccc2c1)c1ccnc2ccc(OC)cc12. The zero-order valence-electron chi connectivity index (χ0n) is 21.0. The summed E-state index contributed by atoms with van der Waals surface area (Å²) in [7, 11) is 1.66. The molecule has 2 bridgehead atoms. The topological polar surface area (TPSA) is 63.7 Å². The van der Waals surface area contributed by atoms with E-state index in [-0.39, 0.29) is 6.04 Å². The molecule has 3 saturated heterocycles. The second-order valence-electron chi connectivity index (χ2n) is 10.0. The van der Waals surface area contributed by atoms with Crippen LogP contribution in [0.2, 0.25) is 0 Å². The smallest absolute Gasteiger partial charge is 0.412 e. The lowest BCUT2D eigenvalue weighted by atomic mass is 9.73. The molecule has 1 unspecified atom stereocenters. The van der Waals surface area contributed by atoms with Crippen LogP contribution in [-0.2, 0) is 4.74 Å². The van der Waals surface area contributed by atoms with Crippen molar-refractivity contribution in [2.45, 2.75) is 25.0 Å². The Labute approximate surface area is 216 Å². The molecule has 6 nitrogen and oxygen atoms in total. The lowest BCUT2D eigenvalue weighted by molar-refractivity contribution is -0.0473. The van der Waals surface area contributed by atoms with Crippen LogP contribution in [0.5, 0.6) is 5.75 Å². The molecule has 1 N–H and O–H groups in total. The summed E-state index contributed by atoms with van der Waals surface area (Å²) in [6, 6.07) is 21.9. The van der Waals surface area contributed by atoms with Crippen LogP contribution in [0.25, 0.3) is 21.7 Å². The van der Waals surface area contributed by atoms with E-state index in [2.05, 4.69) is 33.9 Å². The zero-order valence-corrected chi connectivity index (χ0v) is 21.0. The summed E-state index contributed by atoms with van der Waals surface area (Å²) >= 11 is 0. The molecule has 0 aliphatic carbocycles. The van der Waals surface area contributed by atoms with Gasteiger partial charge in [-0.1, -0.05) is 36.4 Å². The molecular formula is C31H31N3O3. The van der Waals surface area contributed by atoms with Crippen LogP contribution in [0.1, 0.15) is 24.5 Å². The largest absolute Gasteiger partial charge is 0.497 e. The average Bonchev–Trinajstić information content (AvgIpc) is 2.95. The Kier molecular flexibility index (Phi) is 6.26. The van der Waals surface area contributed by atoms with Gasteiger partial charge in [0.1, 0.15) is 11.9 Å². The lowest BCUT2D eigenvalue weighted by Gasteiger charge is -2.51. The Bertz CT molecular complexity index is 1470. The van der Waals surface area contributed by atoms with E-state index in [1.165, 1.54) is 0 Å². The van der Waals surface area contributed by atoms with Crippen LogP contribution >= 0.6 is 0 Å². The molecule has 0 radical (unpaired) electrons. The Hall–Kier alpha value is -3.90.